The summed E-state index contributed by atoms with van der Waals surface area (Å²) in [5.41, 5.74) is 0. The fraction of sp³-hybridized carbons (Fsp3) is 0.867. The third-order valence-electron chi connectivity index (χ3n) is 4.53. The minimum absolute atomic E-state index is 0.329. The molecule has 0 amide bonds. The molecule has 118 valence electrons. The van der Waals surface area contributed by atoms with E-state index in [1.165, 1.54) is 63.3 Å². The van der Waals surface area contributed by atoms with E-state index in [4.69, 9.17) is 4.74 Å². The maximum Gasteiger partial charge on any atom is 0.260 e. The van der Waals surface area contributed by atoms with E-state index < -0.39 is 0 Å². The largest absolute Gasteiger partial charge is 0.470 e. The van der Waals surface area contributed by atoms with Gasteiger partial charge in [0.25, 0.3) is 5.88 Å². The van der Waals surface area contributed by atoms with Gasteiger partial charge >= 0.3 is 0 Å². The predicted molar refractivity (Wildman–Crippen MR) is 88.4 cm³/mol. The van der Waals surface area contributed by atoms with E-state index >= 15 is 0 Å². The number of piperidine rings is 3. The van der Waals surface area contributed by atoms with Crippen LogP contribution < -0.4 is 4.74 Å². The first-order valence-electron chi connectivity index (χ1n) is 8.21. The van der Waals surface area contributed by atoms with Crippen molar-refractivity contribution in [2.75, 3.05) is 25.4 Å². The monoisotopic (exact) mass is 327 g/mol. The molecular weight excluding hydrogens is 302 g/mol. The summed E-state index contributed by atoms with van der Waals surface area (Å²) < 4.78 is 15.0. The Morgan fingerprint density at radius 3 is 2.81 bits per heavy atom. The van der Waals surface area contributed by atoms with Crippen LogP contribution in [0.4, 0.5) is 0 Å². The molecule has 3 fully saturated rings. The van der Waals surface area contributed by atoms with Gasteiger partial charge in [-0.1, -0.05) is 37.9 Å². The van der Waals surface area contributed by atoms with E-state index in [1.807, 2.05) is 11.8 Å². The average Bonchev–Trinajstić information content (AvgIpc) is 2.95. The predicted octanol–water partition coefficient (Wildman–Crippen LogP) is 3.68. The average molecular weight is 328 g/mol. The minimum atomic E-state index is 0.329. The molecule has 0 saturated carbocycles. The van der Waals surface area contributed by atoms with Crippen LogP contribution in [-0.2, 0) is 0 Å². The van der Waals surface area contributed by atoms with Gasteiger partial charge in [-0.25, -0.2) is 0 Å². The van der Waals surface area contributed by atoms with Gasteiger partial charge in [-0.3, -0.25) is 4.90 Å². The lowest BCUT2D eigenvalue weighted by atomic mass is 9.86. The van der Waals surface area contributed by atoms with Gasteiger partial charge in [0.2, 0.25) is 0 Å². The molecule has 0 aromatic carbocycles. The van der Waals surface area contributed by atoms with Gasteiger partial charge in [-0.15, -0.1) is 4.37 Å². The van der Waals surface area contributed by atoms with Crippen molar-refractivity contribution in [2.45, 2.75) is 56.6 Å². The van der Waals surface area contributed by atoms with Crippen molar-refractivity contribution >= 4 is 23.5 Å². The number of rotatable bonds is 8. The van der Waals surface area contributed by atoms with Gasteiger partial charge < -0.3 is 4.74 Å². The number of thioether (sulfide) groups is 1. The van der Waals surface area contributed by atoms with E-state index in [-0.39, 0.29) is 0 Å². The highest BCUT2D eigenvalue weighted by Gasteiger charge is 2.36. The number of hydrogen-bond acceptors (Lipinski definition) is 6. The first-order chi connectivity index (χ1) is 10.4. The van der Waals surface area contributed by atoms with Crippen molar-refractivity contribution in [3.8, 4) is 5.88 Å². The van der Waals surface area contributed by atoms with Gasteiger partial charge in [-0.2, -0.15) is 4.37 Å². The van der Waals surface area contributed by atoms with Crippen molar-refractivity contribution in [3.63, 3.8) is 0 Å². The van der Waals surface area contributed by atoms with Crippen molar-refractivity contribution < 1.29 is 4.74 Å². The summed E-state index contributed by atoms with van der Waals surface area (Å²) in [6, 6.07) is 0. The van der Waals surface area contributed by atoms with Crippen LogP contribution in [0.1, 0.15) is 45.4 Å². The zero-order valence-electron chi connectivity index (χ0n) is 12.8. The molecule has 6 heteroatoms. The zero-order chi connectivity index (χ0) is 14.5. The topological polar surface area (TPSA) is 38.3 Å². The summed E-state index contributed by atoms with van der Waals surface area (Å²) in [7, 11) is 0. The molecule has 0 spiro atoms. The molecule has 4 heterocycles. The smallest absolute Gasteiger partial charge is 0.260 e. The molecule has 0 N–H and O–H groups in total. The molecule has 1 aromatic rings. The zero-order valence-corrected chi connectivity index (χ0v) is 14.4. The summed E-state index contributed by atoms with van der Waals surface area (Å²) in [6.45, 7) is 5.82. The quantitative estimate of drug-likeness (QED) is 0.538. The summed E-state index contributed by atoms with van der Waals surface area (Å²) >= 11 is 3.09. The van der Waals surface area contributed by atoms with E-state index in [0.717, 1.165) is 29.1 Å². The molecule has 3 saturated heterocycles. The number of unbranched alkanes of at least 4 members (excludes halogenated alkanes) is 3. The number of nitrogens with zero attached hydrogens (tertiary/aromatic N) is 3. The number of hydrogen-bond donors (Lipinski definition) is 0. The molecule has 0 unspecified atom stereocenters. The van der Waals surface area contributed by atoms with E-state index in [1.54, 1.807) is 0 Å². The highest BCUT2D eigenvalue weighted by atomic mass is 32.2. The van der Waals surface area contributed by atoms with Crippen molar-refractivity contribution in [2.24, 2.45) is 5.92 Å². The Morgan fingerprint density at radius 2 is 2.10 bits per heavy atom. The van der Waals surface area contributed by atoms with Crippen molar-refractivity contribution in [3.05, 3.63) is 0 Å². The van der Waals surface area contributed by atoms with Crippen LogP contribution >= 0.6 is 23.5 Å². The van der Waals surface area contributed by atoms with Crippen LogP contribution in [-0.4, -0.2) is 45.1 Å². The number of fused-ring (bicyclic) bond motifs is 3. The van der Waals surface area contributed by atoms with Crippen LogP contribution in [0.3, 0.4) is 0 Å². The summed E-state index contributed by atoms with van der Waals surface area (Å²) in [5, 5.41) is 1.01. The van der Waals surface area contributed by atoms with E-state index in [9.17, 15) is 0 Å². The fourth-order valence-corrected chi connectivity index (χ4v) is 4.74. The Morgan fingerprint density at radius 1 is 1.24 bits per heavy atom. The molecule has 0 radical (unpaired) electrons. The van der Waals surface area contributed by atoms with Gasteiger partial charge in [0, 0.05) is 6.54 Å². The van der Waals surface area contributed by atoms with E-state index in [0.29, 0.717) is 6.10 Å². The van der Waals surface area contributed by atoms with Crippen molar-refractivity contribution in [1.82, 2.24) is 13.6 Å². The standard InChI is InChI=1S/C15H25N3OS2/c1-2-3-4-5-10-20-15-14(16-21-17-15)19-13-11-18-8-6-12(13)7-9-18/h12-13H,2-11H2,1H3/t13-/m0/s1. The summed E-state index contributed by atoms with van der Waals surface area (Å²) in [4.78, 5) is 2.52. The van der Waals surface area contributed by atoms with Crippen LogP contribution in [0, 0.1) is 5.92 Å². The normalized spacial score (nSPS) is 28.0. The molecule has 3 aliphatic heterocycles. The Balaban J connectivity index is 1.48. The lowest BCUT2D eigenvalue weighted by Crippen LogP contribution is -2.52. The lowest BCUT2D eigenvalue weighted by Gasteiger charge is -2.44. The van der Waals surface area contributed by atoms with Gasteiger partial charge in [0.15, 0.2) is 5.03 Å². The Kier molecular flexibility index (Phi) is 5.77. The van der Waals surface area contributed by atoms with E-state index in [2.05, 4.69) is 20.6 Å². The lowest BCUT2D eigenvalue weighted by molar-refractivity contribution is -0.0110. The fourth-order valence-electron chi connectivity index (χ4n) is 3.22. The maximum atomic E-state index is 6.21. The molecular formula is C15H25N3OS2. The third kappa shape index (κ3) is 4.11. The van der Waals surface area contributed by atoms with Crippen LogP contribution in [0.25, 0.3) is 0 Å². The van der Waals surface area contributed by atoms with Gasteiger partial charge in [0.05, 0.1) is 11.7 Å². The SMILES string of the molecule is CCCCCCSc1nsnc1O[C@H]1CN2CCC1CC2. The van der Waals surface area contributed by atoms with Crippen LogP contribution in [0.5, 0.6) is 5.88 Å². The first-order valence-corrected chi connectivity index (χ1v) is 9.92. The second kappa shape index (κ2) is 7.79. The summed E-state index contributed by atoms with van der Waals surface area (Å²) in [6.07, 6.45) is 8.08. The Bertz CT molecular complexity index is 432. The number of aromatic nitrogens is 2. The first kappa shape index (κ1) is 15.6. The molecule has 1 aromatic heterocycles. The molecule has 3 aliphatic rings. The van der Waals surface area contributed by atoms with Gasteiger partial charge in [0.1, 0.15) is 6.10 Å². The molecule has 4 rings (SSSR count). The second-order valence-corrected chi connectivity index (χ2v) is 7.69. The molecule has 2 bridgehead atoms. The Labute approximate surface area is 136 Å². The maximum absolute atomic E-state index is 6.21. The molecule has 1 atom stereocenters. The molecule has 4 nitrogen and oxygen atoms in total. The summed E-state index contributed by atoms with van der Waals surface area (Å²) in [5.74, 6) is 2.64. The van der Waals surface area contributed by atoms with Crippen LogP contribution in [0.15, 0.2) is 5.03 Å². The highest BCUT2D eigenvalue weighted by Crippen LogP contribution is 2.34. The number of ether oxygens (including phenoxy) is 1. The molecule has 0 aliphatic carbocycles. The van der Waals surface area contributed by atoms with Crippen molar-refractivity contribution in [1.29, 1.82) is 0 Å². The third-order valence-corrected chi connectivity index (χ3v) is 6.19. The Hall–Kier alpha value is -0.330. The highest BCUT2D eigenvalue weighted by molar-refractivity contribution is 7.99. The van der Waals surface area contributed by atoms with Crippen LogP contribution in [0.2, 0.25) is 0 Å². The minimum Gasteiger partial charge on any atom is -0.470 e. The molecule has 21 heavy (non-hydrogen) atoms. The second-order valence-electron chi connectivity index (χ2n) is 6.08. The van der Waals surface area contributed by atoms with Gasteiger partial charge in [-0.05, 0) is 44.0 Å².